The third kappa shape index (κ3) is 3.24. The predicted octanol–water partition coefficient (Wildman–Crippen LogP) is 3.84. The molecule has 0 saturated carbocycles. The number of aromatic amines is 1. The van der Waals surface area contributed by atoms with Crippen molar-refractivity contribution < 1.29 is 9.66 Å². The van der Waals surface area contributed by atoms with Gasteiger partial charge in [-0.25, -0.2) is 0 Å². The van der Waals surface area contributed by atoms with Crippen molar-refractivity contribution in [1.29, 1.82) is 0 Å². The Morgan fingerprint density at radius 3 is 2.17 bits per heavy atom. The Morgan fingerprint density at radius 2 is 1.62 bits per heavy atom. The van der Waals surface area contributed by atoms with Crippen molar-refractivity contribution in [2.75, 3.05) is 6.26 Å². The first kappa shape index (κ1) is 16.8. The van der Waals surface area contributed by atoms with Gasteiger partial charge in [-0.15, -0.1) is 0 Å². The number of hydrogen-bond acceptors (Lipinski definition) is 3. The molecule has 3 rings (SSSR count). The van der Waals surface area contributed by atoms with E-state index in [0.29, 0.717) is 0 Å². The van der Waals surface area contributed by atoms with Gasteiger partial charge in [0, 0.05) is 11.1 Å². The van der Waals surface area contributed by atoms with Crippen LogP contribution in [0.4, 0.5) is 0 Å². The third-order valence-electron chi connectivity index (χ3n) is 4.10. The molecule has 0 saturated heterocycles. The number of aliphatic hydroxyl groups is 1. The minimum Gasteiger partial charge on any atom is -0.612 e. The highest BCUT2D eigenvalue weighted by Gasteiger charge is 2.15. The van der Waals surface area contributed by atoms with Crippen molar-refractivity contribution >= 4 is 11.2 Å². The Hall–Kier alpha value is -2.08. The van der Waals surface area contributed by atoms with Crippen LogP contribution in [0.25, 0.3) is 22.4 Å². The van der Waals surface area contributed by atoms with Crippen LogP contribution >= 0.6 is 0 Å². The second-order valence-electron chi connectivity index (χ2n) is 5.84. The number of aliphatic hydroxyl groups excluding tert-OH is 1. The highest BCUT2D eigenvalue weighted by atomic mass is 32.2. The van der Waals surface area contributed by atoms with Crippen molar-refractivity contribution in [1.82, 2.24) is 10.2 Å². The number of aryl methyl sites for hydroxylation is 1. The van der Waals surface area contributed by atoms with Crippen LogP contribution in [0, 0.1) is 6.92 Å². The van der Waals surface area contributed by atoms with E-state index in [1.165, 1.54) is 0 Å². The first-order chi connectivity index (χ1) is 11.5. The normalized spacial score (nSPS) is 13.7. The van der Waals surface area contributed by atoms with E-state index in [1.807, 2.05) is 55.5 Å². The van der Waals surface area contributed by atoms with E-state index in [0.717, 1.165) is 38.5 Å². The fourth-order valence-corrected chi connectivity index (χ4v) is 3.26. The average Bonchev–Trinajstić information content (AvgIpc) is 2.96. The molecular formula is C19H20N2O2S. The molecule has 0 aliphatic rings. The van der Waals surface area contributed by atoms with Crippen LogP contribution in [-0.4, -0.2) is 26.1 Å². The molecule has 0 amide bonds. The maximum absolute atomic E-state index is 11.5. The van der Waals surface area contributed by atoms with Gasteiger partial charge in [0.25, 0.3) is 0 Å². The number of rotatable bonds is 4. The summed E-state index contributed by atoms with van der Waals surface area (Å²) in [5.41, 5.74) is 5.82. The van der Waals surface area contributed by atoms with Gasteiger partial charge in [-0.1, -0.05) is 24.3 Å². The fraction of sp³-hybridized carbons (Fsp3) is 0.211. The molecular weight excluding hydrogens is 320 g/mol. The van der Waals surface area contributed by atoms with E-state index in [-0.39, 0.29) is 0 Å². The van der Waals surface area contributed by atoms with Gasteiger partial charge < -0.3 is 9.66 Å². The maximum Gasteiger partial charge on any atom is 0.152 e. The van der Waals surface area contributed by atoms with Gasteiger partial charge in [0.15, 0.2) is 4.90 Å². The van der Waals surface area contributed by atoms with Crippen LogP contribution < -0.4 is 0 Å². The summed E-state index contributed by atoms with van der Waals surface area (Å²) in [5.74, 6) is 0. The first-order valence-electron chi connectivity index (χ1n) is 7.74. The van der Waals surface area contributed by atoms with Crippen LogP contribution in [-0.2, 0) is 11.2 Å². The summed E-state index contributed by atoms with van der Waals surface area (Å²) in [7, 11) is 0. The van der Waals surface area contributed by atoms with Crippen LogP contribution in [0.1, 0.15) is 24.3 Å². The van der Waals surface area contributed by atoms with Gasteiger partial charge in [0.1, 0.15) is 6.26 Å². The van der Waals surface area contributed by atoms with Gasteiger partial charge in [-0.05, 0) is 60.4 Å². The topological polar surface area (TPSA) is 72.0 Å². The third-order valence-corrected chi connectivity index (χ3v) is 5.04. The lowest BCUT2D eigenvalue weighted by Crippen LogP contribution is -1.96. The minimum absolute atomic E-state index is 0.480. The summed E-state index contributed by atoms with van der Waals surface area (Å²) < 4.78 is 11.5. The Morgan fingerprint density at radius 1 is 1.04 bits per heavy atom. The average molecular weight is 340 g/mol. The fourth-order valence-electron chi connectivity index (χ4n) is 2.74. The van der Waals surface area contributed by atoms with Crippen LogP contribution in [0.2, 0.25) is 0 Å². The van der Waals surface area contributed by atoms with Crippen LogP contribution in [0.15, 0.2) is 53.4 Å². The van der Waals surface area contributed by atoms with Gasteiger partial charge in [0.2, 0.25) is 0 Å². The summed E-state index contributed by atoms with van der Waals surface area (Å²) in [6.07, 6.45) is 1.19. The molecule has 3 aromatic rings. The van der Waals surface area contributed by atoms with E-state index in [9.17, 15) is 9.66 Å². The lowest BCUT2D eigenvalue weighted by molar-refractivity contribution is 0.199. The molecule has 0 spiro atoms. The molecule has 2 N–H and O–H groups in total. The number of nitrogens with one attached hydrogen (secondary N) is 1. The zero-order chi connectivity index (χ0) is 17.3. The van der Waals surface area contributed by atoms with Gasteiger partial charge in [-0.2, -0.15) is 5.10 Å². The van der Waals surface area contributed by atoms with E-state index in [1.54, 1.807) is 13.2 Å². The van der Waals surface area contributed by atoms with E-state index in [4.69, 9.17) is 0 Å². The first-order valence-corrected chi connectivity index (χ1v) is 9.30. The molecule has 0 aliphatic carbocycles. The second kappa shape index (κ2) is 6.81. The number of benzene rings is 2. The molecule has 1 heterocycles. The van der Waals surface area contributed by atoms with Crippen molar-refractivity contribution in [3.63, 3.8) is 0 Å². The van der Waals surface area contributed by atoms with Crippen LogP contribution in [0.3, 0.4) is 0 Å². The summed E-state index contributed by atoms with van der Waals surface area (Å²) in [6, 6.07) is 15.5. The smallest absolute Gasteiger partial charge is 0.152 e. The monoisotopic (exact) mass is 340 g/mol. The number of H-pyrrole nitrogens is 1. The molecule has 2 unspecified atom stereocenters. The Labute approximate surface area is 144 Å². The highest BCUT2D eigenvalue weighted by molar-refractivity contribution is 7.90. The Balaban J connectivity index is 2.02. The van der Waals surface area contributed by atoms with Gasteiger partial charge in [0.05, 0.1) is 17.5 Å². The molecule has 4 nitrogen and oxygen atoms in total. The predicted molar refractivity (Wildman–Crippen MR) is 97.2 cm³/mol. The van der Waals surface area contributed by atoms with E-state index < -0.39 is 17.3 Å². The number of aromatic nitrogens is 2. The Kier molecular flexibility index (Phi) is 4.76. The molecule has 0 aliphatic heterocycles. The molecule has 0 bridgehead atoms. The molecule has 2 atom stereocenters. The number of hydrogen-bond donors (Lipinski definition) is 2. The largest absolute Gasteiger partial charge is 0.612 e. The van der Waals surface area contributed by atoms with E-state index >= 15 is 0 Å². The summed E-state index contributed by atoms with van der Waals surface area (Å²) >= 11 is -0.986. The SMILES string of the molecule is Cc1n[nH]c(-c2ccc([S+](C)[O-])cc2)c1-c1ccc(C(C)O)cc1. The quantitative estimate of drug-likeness (QED) is 0.709. The zero-order valence-corrected chi connectivity index (χ0v) is 14.7. The van der Waals surface area contributed by atoms with Gasteiger partial charge in [-0.3, -0.25) is 5.10 Å². The molecule has 5 heteroatoms. The molecule has 24 heavy (non-hydrogen) atoms. The van der Waals surface area contributed by atoms with Crippen molar-refractivity contribution in [2.24, 2.45) is 0 Å². The van der Waals surface area contributed by atoms with Gasteiger partial charge >= 0.3 is 0 Å². The standard InChI is InChI=1S/C19H20N2O2S/c1-12-18(15-6-4-14(5-7-15)13(2)22)19(21-20-12)16-8-10-17(11-9-16)24(3)23/h4-11,13,22H,1-3H3,(H,20,21). The minimum atomic E-state index is -0.986. The molecule has 0 radical (unpaired) electrons. The summed E-state index contributed by atoms with van der Waals surface area (Å²) in [6.45, 7) is 3.72. The maximum atomic E-state index is 11.5. The van der Waals surface area contributed by atoms with Crippen LogP contribution in [0.5, 0.6) is 0 Å². The Bertz CT molecular complexity index is 822. The molecule has 2 aromatic carbocycles. The second-order valence-corrected chi connectivity index (χ2v) is 7.22. The van der Waals surface area contributed by atoms with Crippen molar-refractivity contribution in [3.05, 3.63) is 59.8 Å². The molecule has 124 valence electrons. The van der Waals surface area contributed by atoms with Crippen molar-refractivity contribution in [2.45, 2.75) is 24.8 Å². The highest BCUT2D eigenvalue weighted by Crippen LogP contribution is 2.33. The lowest BCUT2D eigenvalue weighted by Gasteiger charge is -2.09. The zero-order valence-electron chi connectivity index (χ0n) is 13.9. The summed E-state index contributed by atoms with van der Waals surface area (Å²) in [5, 5.41) is 17.1. The number of nitrogens with zero attached hydrogens (tertiary/aromatic N) is 1. The summed E-state index contributed by atoms with van der Waals surface area (Å²) in [4.78, 5) is 0.804. The molecule has 0 fully saturated rings. The lowest BCUT2D eigenvalue weighted by atomic mass is 9.97. The van der Waals surface area contributed by atoms with E-state index in [2.05, 4.69) is 10.2 Å². The molecule has 1 aromatic heterocycles. The van der Waals surface area contributed by atoms with Crippen molar-refractivity contribution in [3.8, 4) is 22.4 Å².